The summed E-state index contributed by atoms with van der Waals surface area (Å²) in [5.41, 5.74) is 0.506. The van der Waals surface area contributed by atoms with E-state index in [0.717, 1.165) is 25.8 Å². The summed E-state index contributed by atoms with van der Waals surface area (Å²) in [5, 5.41) is 2.09. The number of likely N-dealkylation sites (tertiary alicyclic amines) is 1. The third kappa shape index (κ3) is 2.30. The van der Waals surface area contributed by atoms with Gasteiger partial charge in [-0.05, 0) is 31.2 Å². The Morgan fingerprint density at radius 3 is 3.21 bits per heavy atom. The number of hydrogen-bond acceptors (Lipinski definition) is 3. The van der Waals surface area contributed by atoms with Gasteiger partial charge in [0.05, 0.1) is 12.5 Å². The summed E-state index contributed by atoms with van der Waals surface area (Å²) in [4.78, 5) is 22.7. The minimum atomic E-state index is -0.0763. The molecule has 1 unspecified atom stereocenters. The van der Waals surface area contributed by atoms with Crippen molar-refractivity contribution >= 4 is 17.2 Å². The van der Waals surface area contributed by atoms with Gasteiger partial charge in [0.25, 0.3) is 5.91 Å². The van der Waals surface area contributed by atoms with Gasteiger partial charge < -0.3 is 9.88 Å². The Morgan fingerprint density at radius 2 is 2.53 bits per heavy atom. The molecule has 1 amide bonds. The van der Waals surface area contributed by atoms with Gasteiger partial charge in [-0.25, -0.2) is 4.98 Å². The zero-order chi connectivity index (χ0) is 13.3. The van der Waals surface area contributed by atoms with Crippen molar-refractivity contribution in [2.45, 2.75) is 31.7 Å². The molecule has 3 rings (SSSR count). The number of thiophene rings is 1. The van der Waals surface area contributed by atoms with Gasteiger partial charge >= 0.3 is 0 Å². The summed E-state index contributed by atoms with van der Waals surface area (Å²) < 4.78 is 0. The first-order valence-corrected chi connectivity index (χ1v) is 7.40. The number of aromatic nitrogens is 2. The molecule has 1 atom stereocenters. The number of imidazole rings is 1. The first-order valence-electron chi connectivity index (χ1n) is 6.52. The highest BCUT2D eigenvalue weighted by Crippen LogP contribution is 2.34. The van der Waals surface area contributed by atoms with E-state index in [1.165, 1.54) is 4.88 Å². The van der Waals surface area contributed by atoms with Crippen molar-refractivity contribution in [2.75, 3.05) is 6.54 Å². The average Bonchev–Trinajstić information content (AvgIpc) is 3.09. The summed E-state index contributed by atoms with van der Waals surface area (Å²) in [6.45, 7) is 3.02. The maximum atomic E-state index is 12.5. The number of amides is 1. The minimum Gasteiger partial charge on any atom is -0.341 e. The number of carbonyl (C=O) groups excluding carboxylic acids is 1. The number of carbonyl (C=O) groups is 1. The molecule has 5 heteroatoms. The van der Waals surface area contributed by atoms with Crippen LogP contribution in [-0.4, -0.2) is 32.9 Å². The highest BCUT2D eigenvalue weighted by atomic mass is 32.1. The van der Waals surface area contributed by atoms with Crippen molar-refractivity contribution in [3.63, 3.8) is 0 Å². The molecule has 19 heavy (non-hydrogen) atoms. The second kappa shape index (κ2) is 4.81. The Bertz CT molecular complexity index is 549. The van der Waals surface area contributed by atoms with Gasteiger partial charge in [0.2, 0.25) is 0 Å². The smallest absolute Gasteiger partial charge is 0.272 e. The predicted molar refractivity (Wildman–Crippen MR) is 75.3 cm³/mol. The van der Waals surface area contributed by atoms with Crippen molar-refractivity contribution < 1.29 is 4.79 Å². The molecule has 2 aromatic heterocycles. The number of aromatic amines is 1. The lowest BCUT2D eigenvalue weighted by Crippen LogP contribution is -2.46. The summed E-state index contributed by atoms with van der Waals surface area (Å²) in [5.74, 6) is 0.0639. The molecule has 0 bridgehead atoms. The molecular weight excluding hydrogens is 258 g/mol. The van der Waals surface area contributed by atoms with Crippen LogP contribution < -0.4 is 0 Å². The standard InChI is InChI=1S/C14H17N3OS/c1-14(8-11-4-2-7-19-11)5-3-6-17(14)13(18)12-9-15-10-16-12/h2,4,7,9-10H,3,5-6,8H2,1H3,(H,15,16). The first-order chi connectivity index (χ1) is 9.19. The number of H-pyrrole nitrogens is 1. The van der Waals surface area contributed by atoms with Crippen molar-refractivity contribution in [3.05, 3.63) is 40.6 Å². The Labute approximate surface area is 116 Å². The molecule has 1 fully saturated rings. The Kier molecular flexibility index (Phi) is 3.14. The summed E-state index contributed by atoms with van der Waals surface area (Å²) >= 11 is 1.76. The normalized spacial score (nSPS) is 22.9. The van der Waals surface area contributed by atoms with Crippen LogP contribution in [0.2, 0.25) is 0 Å². The molecule has 0 aromatic carbocycles. The fourth-order valence-electron chi connectivity index (χ4n) is 2.86. The third-order valence-electron chi connectivity index (χ3n) is 3.86. The lowest BCUT2D eigenvalue weighted by atomic mass is 9.93. The number of nitrogens with one attached hydrogen (secondary N) is 1. The Balaban J connectivity index is 1.82. The molecule has 0 saturated carbocycles. The van der Waals surface area contributed by atoms with Crippen LogP contribution in [0.5, 0.6) is 0 Å². The molecule has 1 aliphatic rings. The van der Waals surface area contributed by atoms with Crippen LogP contribution in [0.25, 0.3) is 0 Å². The molecule has 2 aromatic rings. The second-order valence-electron chi connectivity index (χ2n) is 5.28. The van der Waals surface area contributed by atoms with Crippen LogP contribution >= 0.6 is 11.3 Å². The van der Waals surface area contributed by atoms with E-state index in [9.17, 15) is 4.79 Å². The summed E-state index contributed by atoms with van der Waals surface area (Å²) in [6, 6.07) is 4.21. The highest BCUT2D eigenvalue weighted by molar-refractivity contribution is 7.09. The molecule has 1 aliphatic heterocycles. The maximum absolute atomic E-state index is 12.5. The van der Waals surface area contributed by atoms with Crippen LogP contribution in [0.3, 0.4) is 0 Å². The van der Waals surface area contributed by atoms with E-state index in [1.807, 2.05) is 4.90 Å². The van der Waals surface area contributed by atoms with E-state index in [1.54, 1.807) is 23.9 Å². The van der Waals surface area contributed by atoms with Crippen LogP contribution in [-0.2, 0) is 6.42 Å². The van der Waals surface area contributed by atoms with Gasteiger partial charge in [0.15, 0.2) is 0 Å². The zero-order valence-corrected chi connectivity index (χ0v) is 11.7. The lowest BCUT2D eigenvalue weighted by Gasteiger charge is -2.34. The third-order valence-corrected chi connectivity index (χ3v) is 4.73. The highest BCUT2D eigenvalue weighted by Gasteiger charge is 2.40. The Morgan fingerprint density at radius 1 is 1.63 bits per heavy atom. The largest absolute Gasteiger partial charge is 0.341 e. The van der Waals surface area contributed by atoms with Gasteiger partial charge in [-0.1, -0.05) is 6.07 Å². The number of nitrogens with zero attached hydrogens (tertiary/aromatic N) is 2. The topological polar surface area (TPSA) is 49.0 Å². The van der Waals surface area contributed by atoms with Gasteiger partial charge in [0.1, 0.15) is 5.69 Å². The van der Waals surface area contributed by atoms with Crippen LogP contribution in [0, 0.1) is 0 Å². The number of rotatable bonds is 3. The predicted octanol–water partition coefficient (Wildman–Crippen LogP) is 2.71. The molecule has 100 valence electrons. The maximum Gasteiger partial charge on any atom is 0.272 e. The fraction of sp³-hybridized carbons (Fsp3) is 0.429. The van der Waals surface area contributed by atoms with E-state index in [4.69, 9.17) is 0 Å². The fourth-order valence-corrected chi connectivity index (χ4v) is 3.74. The molecule has 4 nitrogen and oxygen atoms in total. The first kappa shape index (κ1) is 12.4. The van der Waals surface area contributed by atoms with Crippen LogP contribution in [0.4, 0.5) is 0 Å². The molecule has 1 saturated heterocycles. The molecule has 0 spiro atoms. The minimum absolute atomic E-state index is 0.0639. The molecule has 0 radical (unpaired) electrons. The van der Waals surface area contributed by atoms with Gasteiger partial charge in [-0.2, -0.15) is 0 Å². The molecule has 1 N–H and O–H groups in total. The van der Waals surface area contributed by atoms with Crippen molar-refractivity contribution in [1.82, 2.24) is 14.9 Å². The monoisotopic (exact) mass is 275 g/mol. The lowest BCUT2D eigenvalue weighted by molar-refractivity contribution is 0.0620. The van der Waals surface area contributed by atoms with E-state index >= 15 is 0 Å². The Hall–Kier alpha value is -1.62. The molecule has 3 heterocycles. The summed E-state index contributed by atoms with van der Waals surface area (Å²) in [6.07, 6.45) is 6.23. The average molecular weight is 275 g/mol. The zero-order valence-electron chi connectivity index (χ0n) is 10.9. The van der Waals surface area contributed by atoms with E-state index < -0.39 is 0 Å². The van der Waals surface area contributed by atoms with Crippen molar-refractivity contribution in [3.8, 4) is 0 Å². The quantitative estimate of drug-likeness (QED) is 0.936. The van der Waals surface area contributed by atoms with Crippen LogP contribution in [0.15, 0.2) is 30.0 Å². The van der Waals surface area contributed by atoms with E-state index in [0.29, 0.717) is 5.69 Å². The second-order valence-corrected chi connectivity index (χ2v) is 6.31. The van der Waals surface area contributed by atoms with Gasteiger partial charge in [0, 0.05) is 23.4 Å². The van der Waals surface area contributed by atoms with Crippen LogP contribution in [0.1, 0.15) is 35.1 Å². The van der Waals surface area contributed by atoms with Crippen molar-refractivity contribution in [2.24, 2.45) is 0 Å². The molecular formula is C14H17N3OS. The number of hydrogen-bond donors (Lipinski definition) is 1. The van der Waals surface area contributed by atoms with E-state index in [-0.39, 0.29) is 11.4 Å². The van der Waals surface area contributed by atoms with E-state index in [2.05, 4.69) is 34.4 Å². The van der Waals surface area contributed by atoms with Gasteiger partial charge in [-0.3, -0.25) is 4.79 Å². The van der Waals surface area contributed by atoms with Crippen molar-refractivity contribution in [1.29, 1.82) is 0 Å². The SMILES string of the molecule is CC1(Cc2cccs2)CCCN1C(=O)c1cnc[nH]1. The van der Waals surface area contributed by atoms with Gasteiger partial charge in [-0.15, -0.1) is 11.3 Å². The summed E-state index contributed by atoms with van der Waals surface area (Å²) in [7, 11) is 0. The molecule has 0 aliphatic carbocycles.